The summed E-state index contributed by atoms with van der Waals surface area (Å²) in [5, 5.41) is 8.85. The minimum absolute atomic E-state index is 0.363. The molecule has 0 spiro atoms. The van der Waals surface area contributed by atoms with E-state index >= 15 is 0 Å². The molecule has 0 saturated carbocycles. The van der Waals surface area contributed by atoms with E-state index in [1.54, 1.807) is 11.8 Å². The highest BCUT2D eigenvalue weighted by molar-refractivity contribution is 6.00. The van der Waals surface area contributed by atoms with Gasteiger partial charge in [-0.25, -0.2) is 4.79 Å². The predicted octanol–water partition coefficient (Wildman–Crippen LogP) is 6.64. The number of benzene rings is 3. The predicted molar refractivity (Wildman–Crippen MR) is 138 cm³/mol. The van der Waals surface area contributed by atoms with Crippen molar-refractivity contribution < 1.29 is 14.7 Å². The third kappa shape index (κ3) is 5.84. The van der Waals surface area contributed by atoms with Crippen molar-refractivity contribution in [3.8, 4) is 0 Å². The van der Waals surface area contributed by atoms with Crippen LogP contribution in [0.2, 0.25) is 0 Å². The molecule has 1 heterocycles. The summed E-state index contributed by atoms with van der Waals surface area (Å²) in [6, 6.07) is 23.4. The average molecular weight is 459 g/mol. The quantitative estimate of drug-likeness (QED) is 0.460. The highest BCUT2D eigenvalue weighted by Gasteiger charge is 2.26. The fourth-order valence-electron chi connectivity index (χ4n) is 4.37. The van der Waals surface area contributed by atoms with Gasteiger partial charge in [0.25, 0.3) is 0 Å². The molecule has 178 valence electrons. The van der Waals surface area contributed by atoms with Crippen LogP contribution in [0.4, 0.5) is 16.2 Å². The van der Waals surface area contributed by atoms with Crippen LogP contribution in [0.25, 0.3) is 0 Å². The minimum atomic E-state index is -0.772. The van der Waals surface area contributed by atoms with Crippen molar-refractivity contribution in [3.63, 3.8) is 0 Å². The molecule has 3 aromatic carbocycles. The highest BCUT2D eigenvalue weighted by Crippen LogP contribution is 2.40. The molecule has 5 nitrogen and oxygen atoms in total. The number of anilines is 2. The van der Waals surface area contributed by atoms with Crippen LogP contribution in [-0.2, 0) is 17.6 Å². The summed E-state index contributed by atoms with van der Waals surface area (Å²) in [5.74, 6) is -0.195. The van der Waals surface area contributed by atoms with E-state index in [2.05, 4.69) is 32.9 Å². The van der Waals surface area contributed by atoms with E-state index in [1.807, 2.05) is 60.7 Å². The maximum absolute atomic E-state index is 11.9. The standard InChI is InChI=1S/C16H16N2O.C13H18O2/c1-11-10-12-6-2-4-8-14(12)18(16(17)19)15-9-5-3-7-13(11)15;1-9(2)8-11-4-6-12(7-5-11)10(3)13(14)15/h2-9,11H,10H2,1H3,(H2,17,19);4-7,9-10H,8H2,1-3H3,(H,14,15)/t;10-/m.1/s1. The second kappa shape index (κ2) is 11.0. The molecule has 0 aliphatic carbocycles. The van der Waals surface area contributed by atoms with Crippen molar-refractivity contribution in [2.24, 2.45) is 11.7 Å². The summed E-state index contributed by atoms with van der Waals surface area (Å²) in [6.45, 7) is 8.24. The molecule has 0 fully saturated rings. The van der Waals surface area contributed by atoms with Crippen molar-refractivity contribution in [1.82, 2.24) is 0 Å². The van der Waals surface area contributed by atoms with Crippen LogP contribution in [0.3, 0.4) is 0 Å². The first kappa shape index (κ1) is 25.0. The molecule has 1 aliphatic rings. The first-order chi connectivity index (χ1) is 16.2. The number of nitrogens with zero attached hydrogens (tertiary/aromatic N) is 1. The van der Waals surface area contributed by atoms with Gasteiger partial charge < -0.3 is 10.8 Å². The van der Waals surface area contributed by atoms with Crippen molar-refractivity contribution >= 4 is 23.4 Å². The van der Waals surface area contributed by atoms with Gasteiger partial charge in [-0.1, -0.05) is 81.4 Å². The second-order valence-electron chi connectivity index (χ2n) is 9.37. The van der Waals surface area contributed by atoms with Crippen LogP contribution in [0.15, 0.2) is 72.8 Å². The fourth-order valence-corrected chi connectivity index (χ4v) is 4.37. The normalized spacial score (nSPS) is 15.3. The first-order valence-corrected chi connectivity index (χ1v) is 11.8. The lowest BCUT2D eigenvalue weighted by Crippen LogP contribution is -2.32. The lowest BCUT2D eigenvalue weighted by molar-refractivity contribution is -0.138. The summed E-state index contributed by atoms with van der Waals surface area (Å²) < 4.78 is 0. The molecule has 2 amide bonds. The third-order valence-electron chi connectivity index (χ3n) is 6.18. The summed E-state index contributed by atoms with van der Waals surface area (Å²) >= 11 is 0. The van der Waals surface area contributed by atoms with E-state index in [1.165, 1.54) is 5.56 Å². The van der Waals surface area contributed by atoms with E-state index in [0.29, 0.717) is 11.8 Å². The number of hydrogen-bond donors (Lipinski definition) is 2. The molecule has 1 unspecified atom stereocenters. The zero-order chi connectivity index (χ0) is 24.8. The van der Waals surface area contributed by atoms with Gasteiger partial charge in [-0.15, -0.1) is 0 Å². The Balaban J connectivity index is 0.000000197. The second-order valence-corrected chi connectivity index (χ2v) is 9.37. The molecule has 0 bridgehead atoms. The lowest BCUT2D eigenvalue weighted by atomic mass is 9.94. The number of nitrogens with two attached hydrogens (primary N) is 1. The van der Waals surface area contributed by atoms with Gasteiger partial charge >= 0.3 is 12.0 Å². The Morgan fingerprint density at radius 2 is 1.53 bits per heavy atom. The third-order valence-corrected chi connectivity index (χ3v) is 6.18. The number of carbonyl (C=O) groups excluding carboxylic acids is 1. The number of amides is 2. The van der Waals surface area contributed by atoms with Crippen molar-refractivity contribution in [2.75, 3.05) is 4.90 Å². The molecule has 0 radical (unpaired) electrons. The Morgan fingerprint density at radius 3 is 2.12 bits per heavy atom. The Bertz CT molecular complexity index is 1140. The Kier molecular flexibility index (Phi) is 8.11. The van der Waals surface area contributed by atoms with Gasteiger partial charge in [0.05, 0.1) is 17.3 Å². The van der Waals surface area contributed by atoms with Crippen LogP contribution < -0.4 is 10.6 Å². The Morgan fingerprint density at radius 1 is 0.941 bits per heavy atom. The largest absolute Gasteiger partial charge is 0.481 e. The number of para-hydroxylation sites is 2. The number of carbonyl (C=O) groups is 2. The maximum atomic E-state index is 11.9. The zero-order valence-corrected chi connectivity index (χ0v) is 20.4. The van der Waals surface area contributed by atoms with E-state index in [9.17, 15) is 9.59 Å². The molecule has 2 atom stereocenters. The smallest absolute Gasteiger partial charge is 0.323 e. The molecule has 0 aromatic heterocycles. The molecular weight excluding hydrogens is 424 g/mol. The van der Waals surface area contributed by atoms with Crippen LogP contribution >= 0.6 is 0 Å². The monoisotopic (exact) mass is 458 g/mol. The summed E-state index contributed by atoms with van der Waals surface area (Å²) in [5.41, 5.74) is 11.9. The number of urea groups is 1. The van der Waals surface area contributed by atoms with Gasteiger partial charge in [0.1, 0.15) is 0 Å². The summed E-state index contributed by atoms with van der Waals surface area (Å²) in [4.78, 5) is 24.3. The van der Waals surface area contributed by atoms with Crippen LogP contribution in [0.1, 0.15) is 61.8 Å². The number of rotatable bonds is 4. The molecule has 4 rings (SSSR count). The summed E-state index contributed by atoms with van der Waals surface area (Å²) in [6.07, 6.45) is 1.96. The molecular formula is C29H34N2O3. The first-order valence-electron chi connectivity index (χ1n) is 11.8. The van der Waals surface area contributed by atoms with Crippen molar-refractivity contribution in [2.45, 2.75) is 52.4 Å². The number of carboxylic acid groups (broad SMARTS) is 1. The number of fused-ring (bicyclic) bond motifs is 2. The number of primary amides is 1. The van der Waals surface area contributed by atoms with Gasteiger partial charge in [-0.2, -0.15) is 0 Å². The number of carboxylic acids is 1. The highest BCUT2D eigenvalue weighted by atomic mass is 16.4. The molecule has 0 saturated heterocycles. The van der Waals surface area contributed by atoms with E-state index in [4.69, 9.17) is 10.8 Å². The van der Waals surface area contributed by atoms with Crippen molar-refractivity contribution in [3.05, 3.63) is 95.1 Å². The Labute approximate surface area is 202 Å². The van der Waals surface area contributed by atoms with E-state index in [0.717, 1.165) is 40.9 Å². The van der Waals surface area contributed by atoms with Crippen LogP contribution in [0.5, 0.6) is 0 Å². The van der Waals surface area contributed by atoms with Crippen molar-refractivity contribution in [1.29, 1.82) is 0 Å². The topological polar surface area (TPSA) is 83.6 Å². The van der Waals surface area contributed by atoms with Crippen LogP contribution in [0, 0.1) is 5.92 Å². The van der Waals surface area contributed by atoms with Gasteiger partial charge in [0.2, 0.25) is 0 Å². The number of hydrogen-bond acceptors (Lipinski definition) is 2. The summed E-state index contributed by atoms with van der Waals surface area (Å²) in [7, 11) is 0. The fraction of sp³-hybridized carbons (Fsp3) is 0.310. The maximum Gasteiger partial charge on any atom is 0.323 e. The van der Waals surface area contributed by atoms with Gasteiger partial charge in [0, 0.05) is 0 Å². The van der Waals surface area contributed by atoms with Crippen LogP contribution in [-0.4, -0.2) is 17.1 Å². The zero-order valence-electron chi connectivity index (χ0n) is 20.4. The molecule has 3 aromatic rings. The minimum Gasteiger partial charge on any atom is -0.481 e. The number of aliphatic carboxylic acids is 1. The molecule has 5 heteroatoms. The van der Waals surface area contributed by atoms with Gasteiger partial charge in [-0.05, 0) is 66.0 Å². The van der Waals surface area contributed by atoms with Gasteiger partial charge in [-0.3, -0.25) is 9.69 Å². The SMILES string of the molecule is CC(C)Cc1ccc([C@@H](C)C(=O)O)cc1.CC1Cc2ccccc2N(C(N)=O)c2ccccc21. The Hall–Kier alpha value is -3.60. The van der Waals surface area contributed by atoms with Gasteiger partial charge in [0.15, 0.2) is 0 Å². The molecule has 3 N–H and O–H groups in total. The molecule has 34 heavy (non-hydrogen) atoms. The lowest BCUT2D eigenvalue weighted by Gasteiger charge is -2.22. The molecule has 1 aliphatic heterocycles. The van der Waals surface area contributed by atoms with E-state index < -0.39 is 17.9 Å². The average Bonchev–Trinajstić information content (AvgIpc) is 2.93. The van der Waals surface area contributed by atoms with E-state index in [-0.39, 0.29) is 0 Å².